The maximum atomic E-state index is 12.1. The summed E-state index contributed by atoms with van der Waals surface area (Å²) in [5.41, 5.74) is 2.28. The molecule has 1 aromatic carbocycles. The van der Waals surface area contributed by atoms with Crippen molar-refractivity contribution in [2.24, 2.45) is 0 Å². The van der Waals surface area contributed by atoms with Gasteiger partial charge in [0.25, 0.3) is 5.91 Å². The number of aromatic nitrogens is 3. The second-order valence-corrected chi connectivity index (χ2v) is 4.95. The molecular weight excluding hydrogens is 296 g/mol. The number of ether oxygens (including phenoxy) is 2. The summed E-state index contributed by atoms with van der Waals surface area (Å²) in [6.07, 6.45) is 1.77. The van der Waals surface area contributed by atoms with E-state index >= 15 is 0 Å². The summed E-state index contributed by atoms with van der Waals surface area (Å²) in [4.78, 5) is 12.1. The Hall–Kier alpha value is -3.09. The average molecular weight is 312 g/mol. The maximum absolute atomic E-state index is 12.1. The van der Waals surface area contributed by atoms with Crippen LogP contribution in [0, 0.1) is 6.92 Å². The Bertz CT molecular complexity index is 844. The molecule has 0 bridgehead atoms. The topological polar surface area (TPSA) is 77.8 Å². The number of fused-ring (bicyclic) bond motifs is 1. The molecule has 0 aliphatic heterocycles. The molecule has 2 heterocycles. The Morgan fingerprint density at radius 2 is 2.13 bits per heavy atom. The van der Waals surface area contributed by atoms with Crippen LogP contribution in [0.3, 0.4) is 0 Å². The van der Waals surface area contributed by atoms with E-state index in [2.05, 4.69) is 15.5 Å². The second kappa shape index (κ2) is 6.35. The van der Waals surface area contributed by atoms with Crippen molar-refractivity contribution in [3.8, 4) is 11.8 Å². The molecule has 0 radical (unpaired) electrons. The van der Waals surface area contributed by atoms with E-state index in [1.165, 1.54) is 0 Å². The number of hydrogen-bond donors (Lipinski definition) is 1. The molecule has 0 atom stereocenters. The van der Waals surface area contributed by atoms with Crippen LogP contribution in [-0.4, -0.2) is 34.2 Å². The van der Waals surface area contributed by atoms with Gasteiger partial charge < -0.3 is 14.8 Å². The van der Waals surface area contributed by atoms with Crippen LogP contribution in [0.15, 0.2) is 42.6 Å². The van der Waals surface area contributed by atoms with E-state index in [-0.39, 0.29) is 18.5 Å². The summed E-state index contributed by atoms with van der Waals surface area (Å²) >= 11 is 0. The first-order chi connectivity index (χ1) is 11.2. The Balaban J connectivity index is 1.67. The van der Waals surface area contributed by atoms with Gasteiger partial charge >= 0.3 is 6.01 Å². The summed E-state index contributed by atoms with van der Waals surface area (Å²) in [6.45, 7) is 1.76. The Morgan fingerprint density at radius 1 is 1.26 bits per heavy atom. The van der Waals surface area contributed by atoms with Gasteiger partial charge in [-0.25, -0.2) is 0 Å². The van der Waals surface area contributed by atoms with Gasteiger partial charge in [0.1, 0.15) is 5.75 Å². The minimum atomic E-state index is -0.304. The number of aryl methyl sites for hydroxylation is 1. The molecule has 1 amide bonds. The molecule has 2 aromatic heterocycles. The Morgan fingerprint density at radius 3 is 2.96 bits per heavy atom. The van der Waals surface area contributed by atoms with Crippen LogP contribution in [0.2, 0.25) is 0 Å². The Labute approximate surface area is 132 Å². The predicted molar refractivity (Wildman–Crippen MR) is 84.8 cm³/mol. The molecule has 23 heavy (non-hydrogen) atoms. The van der Waals surface area contributed by atoms with Crippen LogP contribution in [-0.2, 0) is 4.79 Å². The lowest BCUT2D eigenvalue weighted by atomic mass is 10.2. The molecule has 1 N–H and O–H groups in total. The fraction of sp³-hybridized carbons (Fsp3) is 0.188. The molecule has 7 heteroatoms. The number of anilines is 1. The number of amides is 1. The zero-order valence-electron chi connectivity index (χ0n) is 12.8. The van der Waals surface area contributed by atoms with Crippen LogP contribution in [0.4, 0.5) is 5.69 Å². The van der Waals surface area contributed by atoms with Crippen molar-refractivity contribution in [2.45, 2.75) is 6.92 Å². The summed E-state index contributed by atoms with van der Waals surface area (Å²) in [5.74, 6) is 0.290. The van der Waals surface area contributed by atoms with Gasteiger partial charge in [-0.1, -0.05) is 17.2 Å². The van der Waals surface area contributed by atoms with Crippen LogP contribution in [0.1, 0.15) is 5.56 Å². The summed E-state index contributed by atoms with van der Waals surface area (Å²) in [5, 5.41) is 10.6. The van der Waals surface area contributed by atoms with Crippen molar-refractivity contribution in [3.05, 3.63) is 48.2 Å². The number of rotatable bonds is 5. The highest BCUT2D eigenvalue weighted by molar-refractivity contribution is 5.93. The van der Waals surface area contributed by atoms with E-state index in [1.54, 1.807) is 29.8 Å². The second-order valence-electron chi connectivity index (χ2n) is 4.95. The summed E-state index contributed by atoms with van der Waals surface area (Å²) < 4.78 is 12.3. The molecule has 3 aromatic rings. The lowest BCUT2D eigenvalue weighted by molar-refractivity contribution is -0.118. The molecule has 0 saturated heterocycles. The number of benzene rings is 1. The van der Waals surface area contributed by atoms with Gasteiger partial charge in [-0.05, 0) is 36.8 Å². The zero-order chi connectivity index (χ0) is 16.2. The van der Waals surface area contributed by atoms with Crippen LogP contribution < -0.4 is 14.8 Å². The third kappa shape index (κ3) is 3.23. The van der Waals surface area contributed by atoms with Crippen LogP contribution in [0.25, 0.3) is 5.65 Å². The predicted octanol–water partition coefficient (Wildman–Crippen LogP) is 2.06. The van der Waals surface area contributed by atoms with Crippen molar-refractivity contribution in [1.29, 1.82) is 0 Å². The molecule has 0 saturated carbocycles. The van der Waals surface area contributed by atoms with Crippen molar-refractivity contribution < 1.29 is 14.3 Å². The van der Waals surface area contributed by atoms with Crippen LogP contribution >= 0.6 is 0 Å². The third-order valence-corrected chi connectivity index (χ3v) is 3.24. The van der Waals surface area contributed by atoms with E-state index < -0.39 is 0 Å². The number of pyridine rings is 1. The van der Waals surface area contributed by atoms with Crippen molar-refractivity contribution in [2.75, 3.05) is 19.0 Å². The van der Waals surface area contributed by atoms with Gasteiger partial charge in [-0.2, -0.15) is 0 Å². The summed E-state index contributed by atoms with van der Waals surface area (Å²) in [6, 6.07) is 11.3. The van der Waals surface area contributed by atoms with Crippen molar-refractivity contribution in [3.63, 3.8) is 0 Å². The number of nitrogens with one attached hydrogen (secondary N) is 1. The molecule has 0 unspecified atom stereocenters. The monoisotopic (exact) mass is 312 g/mol. The van der Waals surface area contributed by atoms with E-state index in [1.807, 2.05) is 31.2 Å². The third-order valence-electron chi connectivity index (χ3n) is 3.24. The normalized spacial score (nSPS) is 10.5. The first-order valence-electron chi connectivity index (χ1n) is 7.04. The van der Waals surface area contributed by atoms with Gasteiger partial charge in [0.2, 0.25) is 0 Å². The number of carbonyl (C=O) groups excluding carboxylic acids is 1. The summed E-state index contributed by atoms with van der Waals surface area (Å²) in [7, 11) is 1.55. The SMILES string of the molecule is COc1ccc(C)cc1NC(=O)COc1nnc2ccccn12. The van der Waals surface area contributed by atoms with Gasteiger partial charge in [-0.3, -0.25) is 9.20 Å². The highest BCUT2D eigenvalue weighted by atomic mass is 16.5. The minimum absolute atomic E-state index is 0.174. The van der Waals surface area contributed by atoms with E-state index in [9.17, 15) is 4.79 Å². The lowest BCUT2D eigenvalue weighted by Crippen LogP contribution is -2.21. The quantitative estimate of drug-likeness (QED) is 0.780. The highest BCUT2D eigenvalue weighted by Gasteiger charge is 2.11. The largest absolute Gasteiger partial charge is 0.495 e. The molecule has 0 aliphatic carbocycles. The number of hydrogen-bond acceptors (Lipinski definition) is 5. The van der Waals surface area contributed by atoms with Gasteiger partial charge in [-0.15, -0.1) is 5.10 Å². The molecule has 7 nitrogen and oxygen atoms in total. The highest BCUT2D eigenvalue weighted by Crippen LogP contribution is 2.25. The standard InChI is InChI=1S/C16H16N4O3/c1-11-6-7-13(22-2)12(9-11)17-15(21)10-23-16-19-18-14-5-3-4-8-20(14)16/h3-9H,10H2,1-2H3,(H,17,21). The van der Waals surface area contributed by atoms with E-state index in [0.29, 0.717) is 17.1 Å². The molecule has 3 rings (SSSR count). The van der Waals surface area contributed by atoms with Crippen molar-refractivity contribution in [1.82, 2.24) is 14.6 Å². The molecule has 0 fully saturated rings. The fourth-order valence-corrected chi connectivity index (χ4v) is 2.15. The first-order valence-corrected chi connectivity index (χ1v) is 7.04. The van der Waals surface area contributed by atoms with Gasteiger partial charge in [0, 0.05) is 6.20 Å². The first kappa shape index (κ1) is 14.8. The molecular formula is C16H16N4O3. The molecule has 118 valence electrons. The lowest BCUT2D eigenvalue weighted by Gasteiger charge is -2.11. The van der Waals surface area contributed by atoms with Gasteiger partial charge in [0.05, 0.1) is 12.8 Å². The smallest absolute Gasteiger partial charge is 0.322 e. The minimum Gasteiger partial charge on any atom is -0.495 e. The zero-order valence-corrected chi connectivity index (χ0v) is 12.8. The maximum Gasteiger partial charge on any atom is 0.322 e. The van der Waals surface area contributed by atoms with Crippen molar-refractivity contribution >= 4 is 17.2 Å². The van der Waals surface area contributed by atoms with Gasteiger partial charge in [0.15, 0.2) is 12.3 Å². The number of methoxy groups -OCH3 is 1. The number of nitrogens with zero attached hydrogens (tertiary/aromatic N) is 3. The number of carbonyl (C=O) groups is 1. The van der Waals surface area contributed by atoms with E-state index in [0.717, 1.165) is 5.56 Å². The van der Waals surface area contributed by atoms with E-state index in [4.69, 9.17) is 9.47 Å². The average Bonchev–Trinajstić information content (AvgIpc) is 2.96. The molecule has 0 spiro atoms. The fourth-order valence-electron chi connectivity index (χ4n) is 2.15. The molecule has 0 aliphatic rings. The Kier molecular flexibility index (Phi) is 4.09. The van der Waals surface area contributed by atoms with Crippen LogP contribution in [0.5, 0.6) is 11.8 Å².